The minimum atomic E-state index is -0.192. The Hall–Kier alpha value is -2.43. The van der Waals surface area contributed by atoms with Crippen LogP contribution in [0.5, 0.6) is 0 Å². The summed E-state index contributed by atoms with van der Waals surface area (Å²) in [4.78, 5) is 11.9. The molecule has 5 nitrogen and oxygen atoms in total. The maximum absolute atomic E-state index is 11.9. The van der Waals surface area contributed by atoms with Gasteiger partial charge in [-0.05, 0) is 30.2 Å². The van der Waals surface area contributed by atoms with Gasteiger partial charge in [0.15, 0.2) is 5.82 Å². The van der Waals surface area contributed by atoms with Gasteiger partial charge >= 0.3 is 0 Å². The predicted molar refractivity (Wildman–Crippen MR) is 79.8 cm³/mol. The quantitative estimate of drug-likeness (QED) is 0.876. The Morgan fingerprint density at radius 2 is 1.70 bits per heavy atom. The van der Waals surface area contributed by atoms with Gasteiger partial charge < -0.3 is 10.6 Å². The molecule has 1 heterocycles. The number of benzene rings is 1. The van der Waals surface area contributed by atoms with Crippen LogP contribution in [0.25, 0.3) is 0 Å². The third kappa shape index (κ3) is 4.05. The van der Waals surface area contributed by atoms with E-state index >= 15 is 0 Å². The molecular weight excluding hydrogens is 252 g/mol. The molecule has 0 radical (unpaired) electrons. The predicted octanol–water partition coefficient (Wildman–Crippen LogP) is 2.80. The first-order valence-corrected chi connectivity index (χ1v) is 6.59. The summed E-state index contributed by atoms with van der Waals surface area (Å²) in [5.74, 6) is 1.49. The lowest BCUT2D eigenvalue weighted by molar-refractivity contribution is 0.102. The molecule has 0 fully saturated rings. The van der Waals surface area contributed by atoms with Crippen LogP contribution in [0.15, 0.2) is 42.5 Å². The van der Waals surface area contributed by atoms with Crippen LogP contribution in [0, 0.1) is 5.92 Å². The van der Waals surface area contributed by atoms with Gasteiger partial charge in [0.1, 0.15) is 5.82 Å². The van der Waals surface area contributed by atoms with Crippen LogP contribution in [0.3, 0.4) is 0 Å². The number of nitrogens with zero attached hydrogens (tertiary/aromatic N) is 2. The average molecular weight is 270 g/mol. The van der Waals surface area contributed by atoms with E-state index in [1.807, 2.05) is 18.2 Å². The highest BCUT2D eigenvalue weighted by Crippen LogP contribution is 2.08. The van der Waals surface area contributed by atoms with E-state index in [4.69, 9.17) is 0 Å². The van der Waals surface area contributed by atoms with Crippen molar-refractivity contribution in [3.63, 3.8) is 0 Å². The van der Waals surface area contributed by atoms with Gasteiger partial charge in [0.05, 0.1) is 0 Å². The van der Waals surface area contributed by atoms with E-state index in [-0.39, 0.29) is 5.91 Å². The molecule has 0 spiro atoms. The molecule has 1 amide bonds. The number of carbonyl (C=O) groups excluding carboxylic acids is 1. The summed E-state index contributed by atoms with van der Waals surface area (Å²) in [5.41, 5.74) is 0.594. The summed E-state index contributed by atoms with van der Waals surface area (Å²) in [6, 6.07) is 12.5. The monoisotopic (exact) mass is 270 g/mol. The summed E-state index contributed by atoms with van der Waals surface area (Å²) in [6.07, 6.45) is 0. The van der Waals surface area contributed by atoms with Gasteiger partial charge in [-0.25, -0.2) is 0 Å². The lowest BCUT2D eigenvalue weighted by atomic mass is 10.2. The lowest BCUT2D eigenvalue weighted by Gasteiger charge is -2.08. The first-order valence-electron chi connectivity index (χ1n) is 6.59. The third-order valence-corrected chi connectivity index (χ3v) is 2.63. The SMILES string of the molecule is CC(C)CNc1ccc(NC(=O)c2ccccc2)nn1. The fraction of sp³-hybridized carbons (Fsp3) is 0.267. The number of anilines is 2. The minimum absolute atomic E-state index is 0.192. The van der Waals surface area contributed by atoms with Crippen LogP contribution < -0.4 is 10.6 Å². The largest absolute Gasteiger partial charge is 0.368 e. The Morgan fingerprint density at radius 3 is 2.30 bits per heavy atom. The molecule has 2 rings (SSSR count). The zero-order valence-electron chi connectivity index (χ0n) is 11.6. The third-order valence-electron chi connectivity index (χ3n) is 2.63. The minimum Gasteiger partial charge on any atom is -0.368 e. The zero-order chi connectivity index (χ0) is 14.4. The van der Waals surface area contributed by atoms with Crippen molar-refractivity contribution in [2.24, 2.45) is 5.92 Å². The van der Waals surface area contributed by atoms with Gasteiger partial charge in [-0.15, -0.1) is 10.2 Å². The van der Waals surface area contributed by atoms with Crippen LogP contribution in [-0.4, -0.2) is 22.6 Å². The second kappa shape index (κ2) is 6.65. The first kappa shape index (κ1) is 14.0. The van der Waals surface area contributed by atoms with Gasteiger partial charge in [0.25, 0.3) is 5.91 Å². The van der Waals surface area contributed by atoms with Crippen LogP contribution in [0.1, 0.15) is 24.2 Å². The lowest BCUT2D eigenvalue weighted by Crippen LogP contribution is -2.14. The number of nitrogens with one attached hydrogen (secondary N) is 2. The Labute approximate surface area is 118 Å². The highest BCUT2D eigenvalue weighted by atomic mass is 16.1. The van der Waals surface area contributed by atoms with Gasteiger partial charge in [-0.3, -0.25) is 4.79 Å². The van der Waals surface area contributed by atoms with E-state index in [0.717, 1.165) is 6.54 Å². The standard InChI is InChI=1S/C15H18N4O/c1-11(2)10-16-13-8-9-14(19-18-13)17-15(20)12-6-4-3-5-7-12/h3-9,11H,10H2,1-2H3,(H,16,18)(H,17,19,20). The molecule has 0 atom stereocenters. The molecule has 0 aliphatic heterocycles. The molecule has 0 aliphatic rings. The van der Waals surface area contributed by atoms with Crippen molar-refractivity contribution in [3.8, 4) is 0 Å². The fourth-order valence-electron chi connectivity index (χ4n) is 1.58. The highest BCUT2D eigenvalue weighted by Gasteiger charge is 2.06. The van der Waals surface area contributed by atoms with Gasteiger partial charge in [-0.2, -0.15) is 0 Å². The van der Waals surface area contributed by atoms with Crippen molar-refractivity contribution < 1.29 is 4.79 Å². The van der Waals surface area contributed by atoms with Crippen LogP contribution in [-0.2, 0) is 0 Å². The molecule has 0 bridgehead atoms. The smallest absolute Gasteiger partial charge is 0.256 e. The summed E-state index contributed by atoms with van der Waals surface area (Å²) in [6.45, 7) is 5.08. The summed E-state index contributed by atoms with van der Waals surface area (Å²) in [7, 11) is 0. The molecule has 0 saturated carbocycles. The Bertz CT molecular complexity index is 552. The van der Waals surface area contributed by atoms with Gasteiger partial charge in [0.2, 0.25) is 0 Å². The highest BCUT2D eigenvalue weighted by molar-refractivity contribution is 6.03. The van der Waals surface area contributed by atoms with Crippen molar-refractivity contribution in [1.82, 2.24) is 10.2 Å². The number of amides is 1. The van der Waals surface area contributed by atoms with E-state index in [1.54, 1.807) is 24.3 Å². The molecule has 1 aromatic carbocycles. The molecule has 1 aromatic heterocycles. The molecule has 0 saturated heterocycles. The van der Waals surface area contributed by atoms with E-state index in [1.165, 1.54) is 0 Å². The fourth-order valence-corrected chi connectivity index (χ4v) is 1.58. The molecule has 5 heteroatoms. The van der Waals surface area contributed by atoms with Crippen molar-refractivity contribution in [1.29, 1.82) is 0 Å². The molecule has 0 aliphatic carbocycles. The molecular formula is C15H18N4O. The van der Waals surface area contributed by atoms with E-state index < -0.39 is 0 Å². The van der Waals surface area contributed by atoms with Crippen molar-refractivity contribution >= 4 is 17.5 Å². The van der Waals surface area contributed by atoms with Crippen LogP contribution in [0.2, 0.25) is 0 Å². The Morgan fingerprint density at radius 1 is 1.05 bits per heavy atom. The molecule has 104 valence electrons. The second-order valence-electron chi connectivity index (χ2n) is 4.90. The van der Waals surface area contributed by atoms with Crippen molar-refractivity contribution in [2.45, 2.75) is 13.8 Å². The van der Waals surface area contributed by atoms with Gasteiger partial charge in [0, 0.05) is 12.1 Å². The topological polar surface area (TPSA) is 66.9 Å². The maximum Gasteiger partial charge on any atom is 0.256 e. The zero-order valence-corrected chi connectivity index (χ0v) is 11.6. The van der Waals surface area contributed by atoms with Gasteiger partial charge in [-0.1, -0.05) is 32.0 Å². The molecule has 2 N–H and O–H groups in total. The normalized spacial score (nSPS) is 10.3. The molecule has 2 aromatic rings. The summed E-state index contributed by atoms with van der Waals surface area (Å²) in [5, 5.41) is 13.9. The van der Waals surface area contributed by atoms with Crippen LogP contribution in [0.4, 0.5) is 11.6 Å². The second-order valence-corrected chi connectivity index (χ2v) is 4.90. The average Bonchev–Trinajstić information content (AvgIpc) is 2.47. The number of carbonyl (C=O) groups is 1. The number of aromatic nitrogens is 2. The van der Waals surface area contributed by atoms with E-state index in [0.29, 0.717) is 23.1 Å². The van der Waals surface area contributed by atoms with E-state index in [2.05, 4.69) is 34.7 Å². The summed E-state index contributed by atoms with van der Waals surface area (Å²) >= 11 is 0. The van der Waals surface area contributed by atoms with E-state index in [9.17, 15) is 4.79 Å². The summed E-state index contributed by atoms with van der Waals surface area (Å²) < 4.78 is 0. The number of rotatable bonds is 5. The van der Waals surface area contributed by atoms with Crippen LogP contribution >= 0.6 is 0 Å². The number of hydrogen-bond donors (Lipinski definition) is 2. The van der Waals surface area contributed by atoms with Crippen molar-refractivity contribution in [3.05, 3.63) is 48.0 Å². The molecule has 20 heavy (non-hydrogen) atoms. The first-order chi connectivity index (χ1) is 9.65. The van der Waals surface area contributed by atoms with Crippen molar-refractivity contribution in [2.75, 3.05) is 17.2 Å². The molecule has 0 unspecified atom stereocenters. The number of hydrogen-bond acceptors (Lipinski definition) is 4. The maximum atomic E-state index is 11.9. The Balaban J connectivity index is 1.95. The Kier molecular flexibility index (Phi) is 4.65.